The van der Waals surface area contributed by atoms with Crippen molar-refractivity contribution >= 4 is 29.3 Å². The molecule has 2 aromatic rings. The minimum atomic E-state index is 0.0401. The third kappa shape index (κ3) is 2.83. The third-order valence-electron chi connectivity index (χ3n) is 3.31. The molecule has 0 amide bonds. The van der Waals surface area contributed by atoms with Gasteiger partial charge in [0.2, 0.25) is 0 Å². The van der Waals surface area contributed by atoms with E-state index in [-0.39, 0.29) is 5.78 Å². The molecule has 0 unspecified atom stereocenters. The average molecular weight is 308 g/mol. The molecule has 3 nitrogen and oxygen atoms in total. The van der Waals surface area contributed by atoms with E-state index in [0.717, 1.165) is 20.9 Å². The molecular weight excluding hydrogens is 292 g/mol. The van der Waals surface area contributed by atoms with E-state index in [1.165, 1.54) is 0 Å². The van der Waals surface area contributed by atoms with E-state index in [0.29, 0.717) is 5.57 Å². The number of benzene rings is 2. The van der Waals surface area contributed by atoms with Crippen LogP contribution in [0.2, 0.25) is 0 Å². The predicted octanol–water partition coefficient (Wildman–Crippen LogP) is 3.96. The monoisotopic (exact) mass is 308 g/mol. The molecule has 0 fully saturated rings. The minimum absolute atomic E-state index is 0.0401. The summed E-state index contributed by atoms with van der Waals surface area (Å²) in [6, 6.07) is 15.7. The molecule has 0 atom stereocenters. The summed E-state index contributed by atoms with van der Waals surface area (Å²) in [5, 5.41) is 5.89. The second kappa shape index (κ2) is 6.20. The Hall–Kier alpha value is -2.33. The number of hydrogen-bond acceptors (Lipinski definition) is 4. The highest BCUT2D eigenvalue weighted by Crippen LogP contribution is 2.40. The van der Waals surface area contributed by atoms with Crippen molar-refractivity contribution in [2.75, 3.05) is 14.1 Å². The van der Waals surface area contributed by atoms with Crippen molar-refractivity contribution in [2.45, 2.75) is 9.79 Å². The van der Waals surface area contributed by atoms with Crippen LogP contribution >= 0.6 is 11.8 Å². The van der Waals surface area contributed by atoms with E-state index < -0.39 is 0 Å². The van der Waals surface area contributed by atoms with Gasteiger partial charge in [-0.25, -0.2) is 0 Å². The highest BCUT2D eigenvalue weighted by molar-refractivity contribution is 7.99. The molecule has 2 aromatic carbocycles. The van der Waals surface area contributed by atoms with E-state index in [9.17, 15) is 4.79 Å². The van der Waals surface area contributed by atoms with Gasteiger partial charge in [-0.2, -0.15) is 5.10 Å². The third-order valence-corrected chi connectivity index (χ3v) is 4.46. The summed E-state index contributed by atoms with van der Waals surface area (Å²) in [5.74, 6) is 0.0401. The SMILES string of the molecule is CN(C)N=CC=C1C(=O)c2ccccc2Sc2ccccc21. The standard InChI is InChI=1S/C18H16N2OS/c1-20(2)19-12-11-14-13-7-3-5-9-16(13)22-17-10-6-4-8-15(17)18(14)21/h3-12H,1-2H3. The van der Waals surface area contributed by atoms with Gasteiger partial charge in [-0.1, -0.05) is 42.1 Å². The summed E-state index contributed by atoms with van der Waals surface area (Å²) in [5.41, 5.74) is 2.38. The van der Waals surface area contributed by atoms with Gasteiger partial charge >= 0.3 is 0 Å². The normalized spacial score (nSPS) is 15.5. The van der Waals surface area contributed by atoms with Crippen LogP contribution in [-0.2, 0) is 0 Å². The molecule has 0 bridgehead atoms. The summed E-state index contributed by atoms with van der Waals surface area (Å²) in [7, 11) is 3.70. The molecule has 0 radical (unpaired) electrons. The van der Waals surface area contributed by atoms with Crippen LogP contribution in [0.15, 0.2) is 69.5 Å². The number of carbonyl (C=O) groups excluding carboxylic acids is 1. The lowest BCUT2D eigenvalue weighted by atomic mass is 9.96. The number of rotatable bonds is 2. The van der Waals surface area contributed by atoms with Crippen molar-refractivity contribution < 1.29 is 4.79 Å². The molecule has 4 heteroatoms. The van der Waals surface area contributed by atoms with Crippen molar-refractivity contribution in [1.29, 1.82) is 0 Å². The zero-order chi connectivity index (χ0) is 15.5. The Balaban J connectivity index is 2.17. The number of fused-ring (bicyclic) bond motifs is 2. The lowest BCUT2D eigenvalue weighted by Gasteiger charge is -2.06. The van der Waals surface area contributed by atoms with Gasteiger partial charge in [0, 0.05) is 41.2 Å². The smallest absolute Gasteiger partial charge is 0.194 e. The molecular formula is C18H16N2OS. The van der Waals surface area contributed by atoms with E-state index in [2.05, 4.69) is 5.10 Å². The molecule has 1 aliphatic rings. The Morgan fingerprint density at radius 1 is 0.955 bits per heavy atom. The van der Waals surface area contributed by atoms with Crippen molar-refractivity contribution in [3.8, 4) is 0 Å². The molecule has 1 aliphatic heterocycles. The van der Waals surface area contributed by atoms with Crippen molar-refractivity contribution in [1.82, 2.24) is 5.01 Å². The van der Waals surface area contributed by atoms with Crippen LogP contribution < -0.4 is 0 Å². The van der Waals surface area contributed by atoms with Gasteiger partial charge in [0.15, 0.2) is 5.78 Å². The maximum Gasteiger partial charge on any atom is 0.194 e. The Morgan fingerprint density at radius 3 is 2.23 bits per heavy atom. The highest BCUT2D eigenvalue weighted by Gasteiger charge is 2.24. The largest absolute Gasteiger partial charge is 0.303 e. The van der Waals surface area contributed by atoms with Crippen molar-refractivity contribution in [3.63, 3.8) is 0 Å². The number of ketones is 1. The van der Waals surface area contributed by atoms with E-state index >= 15 is 0 Å². The number of hydrogen-bond donors (Lipinski definition) is 0. The molecule has 0 spiro atoms. The van der Waals surface area contributed by atoms with Crippen molar-refractivity contribution in [2.24, 2.45) is 5.10 Å². The van der Waals surface area contributed by atoms with Crippen LogP contribution in [0.3, 0.4) is 0 Å². The van der Waals surface area contributed by atoms with Gasteiger partial charge in [0.25, 0.3) is 0 Å². The Bertz CT molecular complexity index is 778. The summed E-state index contributed by atoms with van der Waals surface area (Å²) in [6.07, 6.45) is 3.46. The highest BCUT2D eigenvalue weighted by atomic mass is 32.2. The molecule has 3 rings (SSSR count). The van der Waals surface area contributed by atoms with Crippen molar-refractivity contribution in [3.05, 3.63) is 65.7 Å². The second-order valence-corrected chi connectivity index (χ2v) is 6.20. The Labute approximate surface area is 134 Å². The molecule has 0 saturated carbocycles. The van der Waals surface area contributed by atoms with Crippen LogP contribution in [0.25, 0.3) is 5.57 Å². The van der Waals surface area contributed by atoms with Crippen LogP contribution in [0.5, 0.6) is 0 Å². The number of Topliss-reactive ketones (excluding diaryl/α,β-unsaturated/α-hetero) is 1. The van der Waals surface area contributed by atoms with Crippen LogP contribution in [-0.4, -0.2) is 31.1 Å². The summed E-state index contributed by atoms with van der Waals surface area (Å²) < 4.78 is 0. The topological polar surface area (TPSA) is 32.7 Å². The molecule has 1 heterocycles. The fourth-order valence-corrected chi connectivity index (χ4v) is 3.40. The second-order valence-electron chi connectivity index (χ2n) is 5.12. The van der Waals surface area contributed by atoms with Gasteiger partial charge in [-0.3, -0.25) is 4.79 Å². The fourth-order valence-electron chi connectivity index (χ4n) is 2.31. The first kappa shape index (κ1) is 14.6. The van der Waals surface area contributed by atoms with Gasteiger partial charge in [-0.05, 0) is 29.8 Å². The molecule has 0 N–H and O–H groups in total. The number of nitrogens with zero attached hydrogens (tertiary/aromatic N) is 2. The Kier molecular flexibility index (Phi) is 4.11. The lowest BCUT2D eigenvalue weighted by Crippen LogP contribution is -2.04. The number of carbonyl (C=O) groups is 1. The van der Waals surface area contributed by atoms with Crippen LogP contribution in [0.4, 0.5) is 0 Å². The first-order chi connectivity index (χ1) is 10.7. The first-order valence-electron chi connectivity index (χ1n) is 6.99. The minimum Gasteiger partial charge on any atom is -0.303 e. The first-order valence-corrected chi connectivity index (χ1v) is 7.81. The van der Waals surface area contributed by atoms with Crippen LogP contribution in [0.1, 0.15) is 15.9 Å². The van der Waals surface area contributed by atoms with Gasteiger partial charge < -0.3 is 5.01 Å². The summed E-state index contributed by atoms with van der Waals surface area (Å²) in [4.78, 5) is 15.0. The fraction of sp³-hybridized carbons (Fsp3) is 0.111. The molecule has 22 heavy (non-hydrogen) atoms. The molecule has 0 aromatic heterocycles. The van der Waals surface area contributed by atoms with Gasteiger partial charge in [-0.15, -0.1) is 0 Å². The maximum atomic E-state index is 12.9. The summed E-state index contributed by atoms with van der Waals surface area (Å²) >= 11 is 1.63. The quantitative estimate of drug-likeness (QED) is 0.478. The Morgan fingerprint density at radius 2 is 1.55 bits per heavy atom. The predicted molar refractivity (Wildman–Crippen MR) is 91.5 cm³/mol. The van der Waals surface area contributed by atoms with Crippen LogP contribution in [0, 0.1) is 0 Å². The molecule has 0 aliphatic carbocycles. The molecule has 0 saturated heterocycles. The lowest BCUT2D eigenvalue weighted by molar-refractivity contribution is 0.105. The van der Waals surface area contributed by atoms with E-state index in [1.54, 1.807) is 29.1 Å². The zero-order valence-electron chi connectivity index (χ0n) is 12.5. The maximum absolute atomic E-state index is 12.9. The molecule has 110 valence electrons. The number of allylic oxidation sites excluding steroid dienone is 2. The van der Waals surface area contributed by atoms with E-state index in [4.69, 9.17) is 0 Å². The van der Waals surface area contributed by atoms with Gasteiger partial charge in [0.05, 0.1) is 0 Å². The summed E-state index contributed by atoms with van der Waals surface area (Å²) in [6.45, 7) is 0. The number of hydrazone groups is 1. The van der Waals surface area contributed by atoms with E-state index in [1.807, 2.05) is 62.6 Å². The van der Waals surface area contributed by atoms with Gasteiger partial charge in [0.1, 0.15) is 0 Å². The average Bonchev–Trinajstić information content (AvgIpc) is 2.63. The zero-order valence-corrected chi connectivity index (χ0v) is 13.3.